The van der Waals surface area contributed by atoms with Crippen molar-refractivity contribution in [2.75, 3.05) is 18.4 Å². The summed E-state index contributed by atoms with van der Waals surface area (Å²) in [5.74, 6) is -0.0385. The molecule has 6 rings (SSSR count). The van der Waals surface area contributed by atoms with Gasteiger partial charge in [-0.05, 0) is 78.5 Å². The summed E-state index contributed by atoms with van der Waals surface area (Å²) in [6.45, 7) is 4.23. The van der Waals surface area contributed by atoms with Gasteiger partial charge in [0.25, 0.3) is 0 Å². The Balaban J connectivity index is 1.14. The number of nitrogens with one attached hydrogen (secondary N) is 1. The van der Waals surface area contributed by atoms with Gasteiger partial charge < -0.3 is 10.2 Å². The van der Waals surface area contributed by atoms with Crippen LogP contribution in [-0.4, -0.2) is 29.9 Å². The minimum atomic E-state index is -4.48. The number of nitrogens with zero attached hydrogens (tertiary/aromatic N) is 1. The summed E-state index contributed by atoms with van der Waals surface area (Å²) in [6.07, 6.45) is 3.68. The largest absolute Gasteiger partial charge is 0.416 e. The fourth-order valence-electron chi connectivity index (χ4n) is 7.35. The molecule has 1 heterocycles. The standard InChI is InChI=1S/C34H35F3N2O/c1-23-22-39(18-17-33(23)16-15-25-9-5-6-10-30(25)33)28-13-11-26(20-28)29-14-12-27(21-31(29)34(35,36)37)38-32(40)19-24-7-3-2-4-8-24/h2-10,12,14-16,21,23,26,28H,11,13,17-20,22H2,1H3,(H,38,40)/t23-,26?,28?,33?/m0/s1. The number of alkyl halides is 3. The van der Waals surface area contributed by atoms with Gasteiger partial charge in [0.1, 0.15) is 0 Å². The van der Waals surface area contributed by atoms with Crippen LogP contribution in [0.25, 0.3) is 6.08 Å². The fraction of sp³-hybridized carbons (Fsp3) is 0.382. The Kier molecular flexibility index (Phi) is 7.07. The van der Waals surface area contributed by atoms with E-state index >= 15 is 0 Å². The Morgan fingerprint density at radius 3 is 2.58 bits per heavy atom. The molecule has 2 fully saturated rings. The summed E-state index contributed by atoms with van der Waals surface area (Å²) in [6, 6.07) is 22.4. The van der Waals surface area contributed by atoms with E-state index in [0.717, 1.165) is 50.4 Å². The molecule has 3 nitrogen and oxygen atoms in total. The van der Waals surface area contributed by atoms with Crippen LogP contribution >= 0.6 is 0 Å². The van der Waals surface area contributed by atoms with Crippen molar-refractivity contribution in [2.24, 2.45) is 5.92 Å². The first-order valence-corrected chi connectivity index (χ1v) is 14.3. The lowest BCUT2D eigenvalue weighted by atomic mass is 9.68. The Labute approximate surface area is 234 Å². The highest BCUT2D eigenvalue weighted by molar-refractivity contribution is 5.92. The van der Waals surface area contributed by atoms with Crippen LogP contribution in [-0.2, 0) is 22.8 Å². The molecule has 1 spiro atoms. The van der Waals surface area contributed by atoms with Crippen molar-refractivity contribution < 1.29 is 18.0 Å². The summed E-state index contributed by atoms with van der Waals surface area (Å²) in [7, 11) is 0. The first-order valence-electron chi connectivity index (χ1n) is 14.3. The molecule has 1 aliphatic heterocycles. The van der Waals surface area contributed by atoms with E-state index in [1.807, 2.05) is 30.3 Å². The Morgan fingerprint density at radius 2 is 1.80 bits per heavy atom. The third-order valence-electron chi connectivity index (χ3n) is 9.43. The highest BCUT2D eigenvalue weighted by atomic mass is 19.4. The average molecular weight is 545 g/mol. The Morgan fingerprint density at radius 1 is 1.02 bits per heavy atom. The number of hydrogen-bond acceptors (Lipinski definition) is 2. The maximum absolute atomic E-state index is 14.2. The molecule has 3 unspecified atom stereocenters. The third kappa shape index (κ3) is 5.10. The third-order valence-corrected chi connectivity index (χ3v) is 9.43. The second kappa shape index (κ2) is 10.5. The van der Waals surface area contributed by atoms with Gasteiger partial charge in [-0.2, -0.15) is 13.2 Å². The van der Waals surface area contributed by atoms with Gasteiger partial charge in [-0.15, -0.1) is 0 Å². The first kappa shape index (κ1) is 26.8. The van der Waals surface area contributed by atoms with Gasteiger partial charge in [-0.1, -0.05) is 79.7 Å². The quantitative estimate of drug-likeness (QED) is 0.355. The highest BCUT2D eigenvalue weighted by Crippen LogP contribution is 2.49. The van der Waals surface area contributed by atoms with Gasteiger partial charge in [0.2, 0.25) is 5.91 Å². The lowest BCUT2D eigenvalue weighted by molar-refractivity contribution is -0.138. The van der Waals surface area contributed by atoms with Crippen LogP contribution in [0.1, 0.15) is 66.3 Å². The molecule has 0 radical (unpaired) electrons. The molecule has 40 heavy (non-hydrogen) atoms. The monoisotopic (exact) mass is 544 g/mol. The smallest absolute Gasteiger partial charge is 0.326 e. The maximum Gasteiger partial charge on any atom is 0.416 e. The van der Waals surface area contributed by atoms with Gasteiger partial charge in [0.05, 0.1) is 12.0 Å². The molecule has 2 aliphatic carbocycles. The maximum atomic E-state index is 14.2. The minimum absolute atomic E-state index is 0.0648. The molecule has 3 aromatic rings. The topological polar surface area (TPSA) is 32.3 Å². The van der Waals surface area contributed by atoms with E-state index in [-0.39, 0.29) is 35.4 Å². The van der Waals surface area contributed by atoms with Crippen LogP contribution in [0.4, 0.5) is 18.9 Å². The molecule has 1 saturated carbocycles. The number of allylic oxidation sites excluding steroid dienone is 1. The van der Waals surface area contributed by atoms with Gasteiger partial charge in [-0.3, -0.25) is 4.79 Å². The van der Waals surface area contributed by atoms with Crippen molar-refractivity contribution in [3.05, 3.63) is 107 Å². The lowest BCUT2D eigenvalue weighted by Gasteiger charge is -2.46. The number of carbonyl (C=O) groups excluding carboxylic acids is 1. The SMILES string of the molecule is C[C@H]1CN(C2CCC(c3ccc(NC(=O)Cc4ccccc4)cc3C(F)(F)F)C2)CCC12C=Cc1ccccc12. The summed E-state index contributed by atoms with van der Waals surface area (Å²) in [5, 5.41) is 2.66. The number of carbonyl (C=O) groups is 1. The van der Waals surface area contributed by atoms with Crippen molar-refractivity contribution in [3.8, 4) is 0 Å². The van der Waals surface area contributed by atoms with Crippen LogP contribution in [0.2, 0.25) is 0 Å². The molecule has 6 heteroatoms. The molecule has 1 N–H and O–H groups in total. The Bertz CT molecular complexity index is 1420. The molecule has 3 aliphatic rings. The Hall–Kier alpha value is -3.38. The molecule has 1 amide bonds. The van der Waals surface area contributed by atoms with Crippen molar-refractivity contribution in [1.29, 1.82) is 0 Å². The van der Waals surface area contributed by atoms with Crippen LogP contribution in [0.3, 0.4) is 0 Å². The van der Waals surface area contributed by atoms with E-state index in [4.69, 9.17) is 0 Å². The van der Waals surface area contributed by atoms with E-state index in [9.17, 15) is 18.0 Å². The number of amides is 1. The molecule has 0 aromatic heterocycles. The molecular formula is C34H35F3N2O. The first-order chi connectivity index (χ1) is 19.2. The average Bonchev–Trinajstić information content (AvgIpc) is 3.57. The number of rotatable bonds is 5. The second-order valence-corrected chi connectivity index (χ2v) is 11.8. The van der Waals surface area contributed by atoms with Crippen LogP contribution in [0, 0.1) is 5.92 Å². The predicted octanol–water partition coefficient (Wildman–Crippen LogP) is 7.83. The number of hydrogen-bond donors (Lipinski definition) is 1. The zero-order chi connectivity index (χ0) is 27.9. The van der Waals surface area contributed by atoms with Gasteiger partial charge in [-0.25, -0.2) is 0 Å². The summed E-state index contributed by atoms with van der Waals surface area (Å²) < 4.78 is 42.7. The van der Waals surface area contributed by atoms with Gasteiger partial charge in [0, 0.05) is 23.7 Å². The van der Waals surface area contributed by atoms with Crippen molar-refractivity contribution in [2.45, 2.75) is 62.6 Å². The van der Waals surface area contributed by atoms with Gasteiger partial charge in [0.15, 0.2) is 0 Å². The molecule has 4 atom stereocenters. The zero-order valence-electron chi connectivity index (χ0n) is 22.8. The number of anilines is 1. The van der Waals surface area contributed by atoms with E-state index in [0.29, 0.717) is 11.5 Å². The van der Waals surface area contributed by atoms with Crippen molar-refractivity contribution >= 4 is 17.7 Å². The molecule has 208 valence electrons. The fourth-order valence-corrected chi connectivity index (χ4v) is 7.35. The van der Waals surface area contributed by atoms with E-state index < -0.39 is 11.7 Å². The van der Waals surface area contributed by atoms with Gasteiger partial charge >= 0.3 is 6.18 Å². The zero-order valence-corrected chi connectivity index (χ0v) is 22.8. The molecule has 3 aromatic carbocycles. The molecular weight excluding hydrogens is 509 g/mol. The van der Waals surface area contributed by atoms with E-state index in [2.05, 4.69) is 53.6 Å². The number of likely N-dealkylation sites (tertiary alicyclic amines) is 1. The summed E-state index contributed by atoms with van der Waals surface area (Å²) >= 11 is 0. The highest BCUT2D eigenvalue weighted by Gasteiger charge is 2.46. The number of benzene rings is 3. The van der Waals surface area contributed by atoms with E-state index in [1.54, 1.807) is 12.1 Å². The normalized spacial score (nSPS) is 26.2. The minimum Gasteiger partial charge on any atom is -0.326 e. The number of fused-ring (bicyclic) bond motifs is 2. The van der Waals surface area contributed by atoms with Crippen LogP contribution < -0.4 is 5.32 Å². The van der Waals surface area contributed by atoms with Crippen LogP contribution in [0.5, 0.6) is 0 Å². The predicted molar refractivity (Wildman–Crippen MR) is 153 cm³/mol. The van der Waals surface area contributed by atoms with Crippen molar-refractivity contribution in [3.63, 3.8) is 0 Å². The molecule has 0 bridgehead atoms. The van der Waals surface area contributed by atoms with E-state index in [1.165, 1.54) is 11.1 Å². The summed E-state index contributed by atoms with van der Waals surface area (Å²) in [4.78, 5) is 15.0. The van der Waals surface area contributed by atoms with Crippen LogP contribution in [0.15, 0.2) is 78.9 Å². The number of halogens is 3. The lowest BCUT2D eigenvalue weighted by Crippen LogP contribution is -2.50. The summed E-state index contributed by atoms with van der Waals surface area (Å²) in [5.41, 5.74) is 3.51. The molecule has 1 saturated heterocycles. The second-order valence-electron chi connectivity index (χ2n) is 11.8. The van der Waals surface area contributed by atoms with Crippen molar-refractivity contribution in [1.82, 2.24) is 4.90 Å². The number of piperidine rings is 1.